The highest BCUT2D eigenvalue weighted by atomic mass is 35.5. The van der Waals surface area contributed by atoms with Crippen molar-refractivity contribution >= 4 is 18.3 Å². The summed E-state index contributed by atoms with van der Waals surface area (Å²) in [5, 5.41) is 5.81. The van der Waals surface area contributed by atoms with E-state index >= 15 is 0 Å². The molecular formula is C15H22ClF3N4O2. The number of H-pyrrole nitrogens is 1. The highest BCUT2D eigenvalue weighted by Crippen LogP contribution is 2.33. The number of nitrogens with one attached hydrogen (secondary N) is 1. The molecule has 2 aliphatic rings. The van der Waals surface area contributed by atoms with Gasteiger partial charge in [-0.3, -0.25) is 9.89 Å². The number of ether oxygens (including phenoxy) is 1. The van der Waals surface area contributed by atoms with Gasteiger partial charge in [0.1, 0.15) is 0 Å². The van der Waals surface area contributed by atoms with Gasteiger partial charge in [-0.15, -0.1) is 12.4 Å². The van der Waals surface area contributed by atoms with Crippen LogP contribution < -0.4 is 5.73 Å². The van der Waals surface area contributed by atoms with Gasteiger partial charge in [0, 0.05) is 37.9 Å². The molecule has 1 atom stereocenters. The molecule has 1 aromatic heterocycles. The van der Waals surface area contributed by atoms with Crippen molar-refractivity contribution in [2.24, 2.45) is 5.73 Å². The minimum absolute atomic E-state index is 0. The molecule has 10 heteroatoms. The Balaban J connectivity index is 0.00000225. The third-order valence-corrected chi connectivity index (χ3v) is 4.85. The first-order chi connectivity index (χ1) is 11.3. The fraction of sp³-hybridized carbons (Fsp3) is 0.733. The predicted octanol–water partition coefficient (Wildman–Crippen LogP) is 2.06. The minimum atomic E-state index is -4.47. The second kappa shape index (κ2) is 7.51. The second-order valence-electron chi connectivity index (χ2n) is 6.57. The van der Waals surface area contributed by atoms with Gasteiger partial charge < -0.3 is 15.4 Å². The van der Waals surface area contributed by atoms with E-state index in [2.05, 4.69) is 10.2 Å². The molecule has 0 bridgehead atoms. The van der Waals surface area contributed by atoms with Crippen molar-refractivity contribution in [2.45, 2.75) is 43.3 Å². The SMILES string of the molecule is Cl.NC1(C(=O)N2CCCC(c3cc(C(F)(F)F)n[nH]3)C2)CCOCC1. The average molecular weight is 383 g/mol. The number of alkyl halides is 3. The van der Waals surface area contributed by atoms with Crippen LogP contribution in [0.2, 0.25) is 0 Å². The number of halogens is 4. The number of hydrogen-bond acceptors (Lipinski definition) is 4. The number of nitrogens with zero attached hydrogens (tertiary/aromatic N) is 2. The van der Waals surface area contributed by atoms with Gasteiger partial charge in [0.2, 0.25) is 5.91 Å². The summed E-state index contributed by atoms with van der Waals surface area (Å²) in [6.45, 7) is 1.84. The zero-order valence-electron chi connectivity index (χ0n) is 13.6. The normalized spacial score (nSPS) is 23.8. The van der Waals surface area contributed by atoms with Gasteiger partial charge >= 0.3 is 6.18 Å². The molecule has 0 aromatic carbocycles. The molecule has 0 saturated carbocycles. The maximum Gasteiger partial charge on any atom is 0.435 e. The Morgan fingerprint density at radius 3 is 2.68 bits per heavy atom. The van der Waals surface area contributed by atoms with Crippen LogP contribution >= 0.6 is 12.4 Å². The lowest BCUT2D eigenvalue weighted by atomic mass is 9.87. The molecule has 25 heavy (non-hydrogen) atoms. The Hall–Kier alpha value is -1.32. The van der Waals surface area contributed by atoms with E-state index in [9.17, 15) is 18.0 Å². The number of rotatable bonds is 2. The van der Waals surface area contributed by atoms with E-state index in [1.807, 2.05) is 0 Å². The van der Waals surface area contributed by atoms with Crippen molar-refractivity contribution in [3.8, 4) is 0 Å². The quantitative estimate of drug-likeness (QED) is 0.820. The standard InChI is InChI=1S/C15H21F3N4O2.ClH/c16-15(17,18)12-8-11(20-21-12)10-2-1-5-22(9-10)13(23)14(19)3-6-24-7-4-14;/h8,10H,1-7,9,19H2,(H,20,21);1H. The molecule has 142 valence electrons. The first kappa shape index (κ1) is 20.0. The molecular weight excluding hydrogens is 361 g/mol. The number of carbonyl (C=O) groups is 1. The van der Waals surface area contributed by atoms with Crippen LogP contribution in [0, 0.1) is 0 Å². The van der Waals surface area contributed by atoms with Crippen molar-refractivity contribution in [1.82, 2.24) is 15.1 Å². The number of hydrogen-bond donors (Lipinski definition) is 2. The zero-order valence-corrected chi connectivity index (χ0v) is 14.5. The van der Waals surface area contributed by atoms with Gasteiger partial charge in [-0.1, -0.05) is 0 Å². The first-order valence-electron chi connectivity index (χ1n) is 8.08. The summed E-state index contributed by atoms with van der Waals surface area (Å²) in [5.74, 6) is -0.319. The number of carbonyl (C=O) groups excluding carboxylic acids is 1. The van der Waals surface area contributed by atoms with Crippen molar-refractivity contribution < 1.29 is 22.7 Å². The van der Waals surface area contributed by atoms with Crippen molar-refractivity contribution in [3.63, 3.8) is 0 Å². The van der Waals surface area contributed by atoms with E-state index < -0.39 is 17.4 Å². The molecule has 3 heterocycles. The molecule has 3 N–H and O–H groups in total. The predicted molar refractivity (Wildman–Crippen MR) is 86.4 cm³/mol. The molecule has 2 saturated heterocycles. The molecule has 1 unspecified atom stereocenters. The van der Waals surface area contributed by atoms with Crippen molar-refractivity contribution in [3.05, 3.63) is 17.5 Å². The molecule has 1 amide bonds. The summed E-state index contributed by atoms with van der Waals surface area (Å²) >= 11 is 0. The van der Waals surface area contributed by atoms with E-state index in [0.717, 1.165) is 12.5 Å². The zero-order chi connectivity index (χ0) is 17.4. The van der Waals surface area contributed by atoms with E-state index in [4.69, 9.17) is 10.5 Å². The lowest BCUT2D eigenvalue weighted by Gasteiger charge is -2.40. The lowest BCUT2D eigenvalue weighted by Crippen LogP contribution is -2.59. The number of likely N-dealkylation sites (tertiary alicyclic amines) is 1. The molecule has 3 rings (SSSR count). The largest absolute Gasteiger partial charge is 0.435 e. The molecule has 0 radical (unpaired) electrons. The van der Waals surface area contributed by atoms with Crippen LogP contribution in [-0.2, 0) is 15.7 Å². The maximum atomic E-state index is 12.8. The fourth-order valence-corrected chi connectivity index (χ4v) is 3.37. The Morgan fingerprint density at radius 2 is 2.08 bits per heavy atom. The summed E-state index contributed by atoms with van der Waals surface area (Å²) < 4.78 is 43.3. The average Bonchev–Trinajstić information content (AvgIpc) is 3.05. The minimum Gasteiger partial charge on any atom is -0.381 e. The summed E-state index contributed by atoms with van der Waals surface area (Å²) in [6.07, 6.45) is -2.10. The van der Waals surface area contributed by atoms with Crippen LogP contribution in [0.25, 0.3) is 0 Å². The highest BCUT2D eigenvalue weighted by molar-refractivity contribution is 5.86. The second-order valence-corrected chi connectivity index (χ2v) is 6.57. The van der Waals surface area contributed by atoms with E-state index in [0.29, 0.717) is 51.3 Å². The molecule has 0 aliphatic carbocycles. The van der Waals surface area contributed by atoms with Gasteiger partial charge in [-0.05, 0) is 31.7 Å². The topological polar surface area (TPSA) is 84.2 Å². The highest BCUT2D eigenvalue weighted by Gasteiger charge is 2.41. The molecule has 2 aliphatic heterocycles. The first-order valence-corrected chi connectivity index (χ1v) is 8.08. The fourth-order valence-electron chi connectivity index (χ4n) is 3.37. The summed E-state index contributed by atoms with van der Waals surface area (Å²) in [5.41, 5.74) is 4.80. The van der Waals surface area contributed by atoms with E-state index in [1.54, 1.807) is 4.90 Å². The van der Waals surface area contributed by atoms with Crippen LogP contribution in [0.5, 0.6) is 0 Å². The Morgan fingerprint density at radius 1 is 1.40 bits per heavy atom. The van der Waals surface area contributed by atoms with Gasteiger partial charge in [0.15, 0.2) is 5.69 Å². The summed E-state index contributed by atoms with van der Waals surface area (Å²) in [7, 11) is 0. The Bertz CT molecular complexity index is 602. The van der Waals surface area contributed by atoms with Crippen LogP contribution in [-0.4, -0.2) is 52.8 Å². The van der Waals surface area contributed by atoms with Gasteiger partial charge in [-0.25, -0.2) is 0 Å². The summed E-state index contributed by atoms with van der Waals surface area (Å²) in [6, 6.07) is 1.03. The molecule has 1 aromatic rings. The number of aromatic nitrogens is 2. The van der Waals surface area contributed by atoms with Crippen LogP contribution in [0.3, 0.4) is 0 Å². The van der Waals surface area contributed by atoms with E-state index in [-0.39, 0.29) is 24.2 Å². The van der Waals surface area contributed by atoms with Gasteiger partial charge in [0.05, 0.1) is 5.54 Å². The van der Waals surface area contributed by atoms with Gasteiger partial charge in [-0.2, -0.15) is 18.3 Å². The number of amides is 1. The third-order valence-electron chi connectivity index (χ3n) is 4.85. The van der Waals surface area contributed by atoms with Crippen molar-refractivity contribution in [2.75, 3.05) is 26.3 Å². The molecule has 6 nitrogen and oxygen atoms in total. The summed E-state index contributed by atoms with van der Waals surface area (Å²) in [4.78, 5) is 14.4. The number of aromatic amines is 1. The lowest BCUT2D eigenvalue weighted by molar-refractivity contribution is -0.142. The maximum absolute atomic E-state index is 12.8. The molecule has 2 fully saturated rings. The Kier molecular flexibility index (Phi) is 6.01. The van der Waals surface area contributed by atoms with Crippen LogP contribution in [0.1, 0.15) is 43.0 Å². The van der Waals surface area contributed by atoms with Crippen molar-refractivity contribution in [1.29, 1.82) is 0 Å². The monoisotopic (exact) mass is 382 g/mol. The molecule has 0 spiro atoms. The van der Waals surface area contributed by atoms with E-state index in [1.165, 1.54) is 0 Å². The van der Waals surface area contributed by atoms with Crippen LogP contribution in [0.4, 0.5) is 13.2 Å². The number of piperidine rings is 1. The van der Waals surface area contributed by atoms with Crippen LogP contribution in [0.15, 0.2) is 6.07 Å². The smallest absolute Gasteiger partial charge is 0.381 e. The van der Waals surface area contributed by atoms with Gasteiger partial charge in [0.25, 0.3) is 0 Å². The number of nitrogens with two attached hydrogens (primary N) is 1. The third kappa shape index (κ3) is 4.27. The Labute approximate surface area is 149 Å².